The van der Waals surface area contributed by atoms with E-state index in [1.807, 2.05) is 0 Å². The van der Waals surface area contributed by atoms with Crippen LogP contribution in [0.4, 0.5) is 10.5 Å². The molecule has 0 aliphatic carbocycles. The number of nitro groups is 1. The third-order valence-corrected chi connectivity index (χ3v) is 4.40. The second-order valence-electron chi connectivity index (χ2n) is 6.62. The first-order chi connectivity index (χ1) is 12.6. The summed E-state index contributed by atoms with van der Waals surface area (Å²) in [5, 5.41) is 13.5. The van der Waals surface area contributed by atoms with Crippen LogP contribution in [0, 0.1) is 10.1 Å². The van der Waals surface area contributed by atoms with Crippen molar-refractivity contribution in [2.24, 2.45) is 0 Å². The van der Waals surface area contributed by atoms with Crippen molar-refractivity contribution in [2.75, 3.05) is 19.6 Å². The van der Waals surface area contributed by atoms with Crippen LogP contribution in [0.2, 0.25) is 0 Å². The smallest absolute Gasteiger partial charge is 0.325 e. The molecule has 0 aromatic heterocycles. The second-order valence-corrected chi connectivity index (χ2v) is 6.62. The standard InChI is InChI=1S/C18H22N4O5/c1-5-20(10-12(2)3)15(23)11-21-16(24)18(4,19-17(21)25)13-7-6-8-14(9-13)22(26)27/h6-9H,2,5,10-11H2,1,3-4H3,(H,19,25). The Hall–Kier alpha value is -3.23. The first-order valence-electron chi connectivity index (χ1n) is 8.41. The van der Waals surface area contributed by atoms with E-state index in [2.05, 4.69) is 11.9 Å². The van der Waals surface area contributed by atoms with Crippen LogP contribution in [0.5, 0.6) is 0 Å². The number of amides is 4. The molecule has 1 aliphatic heterocycles. The van der Waals surface area contributed by atoms with Crippen molar-refractivity contribution >= 4 is 23.5 Å². The fourth-order valence-electron chi connectivity index (χ4n) is 2.90. The Balaban J connectivity index is 2.25. The minimum absolute atomic E-state index is 0.191. The van der Waals surface area contributed by atoms with Crippen molar-refractivity contribution in [3.8, 4) is 0 Å². The van der Waals surface area contributed by atoms with Gasteiger partial charge in [0.15, 0.2) is 0 Å². The number of hydrogen-bond donors (Lipinski definition) is 1. The van der Waals surface area contributed by atoms with Gasteiger partial charge in [-0.05, 0) is 26.3 Å². The summed E-state index contributed by atoms with van der Waals surface area (Å²) in [5.41, 5.74) is -0.610. The Bertz CT molecular complexity index is 822. The number of nitrogens with one attached hydrogen (secondary N) is 1. The molecule has 27 heavy (non-hydrogen) atoms. The molecule has 1 aromatic rings. The van der Waals surface area contributed by atoms with E-state index in [1.165, 1.54) is 36.1 Å². The number of carbonyl (C=O) groups is 3. The topological polar surface area (TPSA) is 113 Å². The van der Waals surface area contributed by atoms with Crippen LogP contribution in [0.25, 0.3) is 0 Å². The van der Waals surface area contributed by atoms with Crippen LogP contribution >= 0.6 is 0 Å². The van der Waals surface area contributed by atoms with Gasteiger partial charge in [-0.3, -0.25) is 24.6 Å². The number of likely N-dealkylation sites (N-methyl/N-ethyl adjacent to an activating group) is 1. The van der Waals surface area contributed by atoms with Gasteiger partial charge in [-0.1, -0.05) is 24.3 Å². The summed E-state index contributed by atoms with van der Waals surface area (Å²) >= 11 is 0. The van der Waals surface area contributed by atoms with Gasteiger partial charge in [0.25, 0.3) is 11.6 Å². The summed E-state index contributed by atoms with van der Waals surface area (Å²) in [6.45, 7) is 9.14. The maximum absolute atomic E-state index is 12.9. The highest BCUT2D eigenvalue weighted by atomic mass is 16.6. The largest absolute Gasteiger partial charge is 0.337 e. The highest BCUT2D eigenvalue weighted by Gasteiger charge is 2.50. The molecular weight excluding hydrogens is 352 g/mol. The zero-order chi connectivity index (χ0) is 20.4. The molecule has 1 fully saturated rings. The van der Waals surface area contributed by atoms with Gasteiger partial charge in [0, 0.05) is 25.2 Å². The van der Waals surface area contributed by atoms with Crippen molar-refractivity contribution in [3.05, 3.63) is 52.1 Å². The number of benzene rings is 1. The Morgan fingerprint density at radius 2 is 2.07 bits per heavy atom. The monoisotopic (exact) mass is 374 g/mol. The van der Waals surface area contributed by atoms with Gasteiger partial charge >= 0.3 is 6.03 Å². The van der Waals surface area contributed by atoms with Gasteiger partial charge in [0.05, 0.1) is 4.92 Å². The summed E-state index contributed by atoms with van der Waals surface area (Å²) in [7, 11) is 0. The maximum atomic E-state index is 12.9. The van der Waals surface area contributed by atoms with E-state index < -0.39 is 28.9 Å². The van der Waals surface area contributed by atoms with E-state index >= 15 is 0 Å². The first-order valence-corrected chi connectivity index (χ1v) is 8.41. The third kappa shape index (κ3) is 3.97. The normalized spacial score (nSPS) is 19.0. The van der Waals surface area contributed by atoms with Crippen molar-refractivity contribution in [1.29, 1.82) is 0 Å². The molecule has 4 amide bonds. The summed E-state index contributed by atoms with van der Waals surface area (Å²) in [6, 6.07) is 4.79. The maximum Gasteiger partial charge on any atom is 0.325 e. The van der Waals surface area contributed by atoms with Gasteiger partial charge in [-0.15, -0.1) is 0 Å². The number of imide groups is 1. The number of non-ortho nitro benzene ring substituents is 1. The predicted molar refractivity (Wildman–Crippen MR) is 97.8 cm³/mol. The second kappa shape index (κ2) is 7.56. The van der Waals surface area contributed by atoms with Crippen molar-refractivity contribution in [2.45, 2.75) is 26.3 Å². The molecule has 1 unspecified atom stereocenters. The lowest BCUT2D eigenvalue weighted by atomic mass is 9.91. The molecule has 0 bridgehead atoms. The molecule has 0 spiro atoms. The SMILES string of the molecule is C=C(C)CN(CC)C(=O)CN1C(=O)NC(C)(c2cccc([N+](=O)[O-])c2)C1=O. The summed E-state index contributed by atoms with van der Waals surface area (Å²) in [4.78, 5) is 50.4. The quantitative estimate of drug-likeness (QED) is 0.338. The van der Waals surface area contributed by atoms with Gasteiger partial charge < -0.3 is 10.2 Å². The molecule has 1 aromatic carbocycles. The molecule has 1 saturated heterocycles. The van der Waals surface area contributed by atoms with Gasteiger partial charge in [0.1, 0.15) is 12.1 Å². The molecule has 0 saturated carbocycles. The zero-order valence-corrected chi connectivity index (χ0v) is 15.5. The van der Waals surface area contributed by atoms with Crippen molar-refractivity contribution < 1.29 is 19.3 Å². The van der Waals surface area contributed by atoms with Crippen LogP contribution in [-0.4, -0.2) is 52.2 Å². The van der Waals surface area contributed by atoms with Crippen molar-refractivity contribution in [3.63, 3.8) is 0 Å². The van der Waals surface area contributed by atoms with Crippen LogP contribution in [-0.2, 0) is 15.1 Å². The van der Waals surface area contributed by atoms with Crippen LogP contribution < -0.4 is 5.32 Å². The highest BCUT2D eigenvalue weighted by molar-refractivity contribution is 6.09. The Morgan fingerprint density at radius 3 is 2.63 bits per heavy atom. The summed E-state index contributed by atoms with van der Waals surface area (Å²) < 4.78 is 0. The average Bonchev–Trinajstić information content (AvgIpc) is 2.83. The van der Waals surface area contributed by atoms with Crippen molar-refractivity contribution in [1.82, 2.24) is 15.1 Å². The summed E-state index contributed by atoms with van der Waals surface area (Å²) in [5.74, 6) is -1.01. The predicted octanol–water partition coefficient (Wildman–Crippen LogP) is 1.79. The number of urea groups is 1. The van der Waals surface area contributed by atoms with Gasteiger partial charge in [-0.25, -0.2) is 4.79 Å². The van der Waals surface area contributed by atoms with Crippen LogP contribution in [0.15, 0.2) is 36.4 Å². The van der Waals surface area contributed by atoms with Gasteiger partial charge in [-0.2, -0.15) is 0 Å². The molecule has 0 radical (unpaired) electrons. The van der Waals surface area contributed by atoms with Gasteiger partial charge in [0.2, 0.25) is 5.91 Å². The molecule has 1 aliphatic rings. The molecule has 144 valence electrons. The van der Waals surface area contributed by atoms with E-state index in [4.69, 9.17) is 0 Å². The van der Waals surface area contributed by atoms with E-state index in [0.29, 0.717) is 13.1 Å². The average molecular weight is 374 g/mol. The fraction of sp³-hybridized carbons (Fsp3) is 0.389. The van der Waals surface area contributed by atoms with Crippen LogP contribution in [0.1, 0.15) is 26.3 Å². The molecular formula is C18H22N4O5. The van der Waals surface area contributed by atoms with E-state index in [-0.39, 0.29) is 17.2 Å². The van der Waals surface area contributed by atoms with Crippen LogP contribution in [0.3, 0.4) is 0 Å². The Morgan fingerprint density at radius 1 is 1.41 bits per heavy atom. The number of rotatable bonds is 7. The molecule has 2 rings (SSSR count). The molecule has 1 atom stereocenters. The third-order valence-electron chi connectivity index (χ3n) is 4.40. The Kier molecular flexibility index (Phi) is 5.63. The highest BCUT2D eigenvalue weighted by Crippen LogP contribution is 2.30. The number of carbonyl (C=O) groups excluding carboxylic acids is 3. The molecule has 1 heterocycles. The number of nitrogens with zero attached hydrogens (tertiary/aromatic N) is 3. The lowest BCUT2D eigenvalue weighted by Gasteiger charge is -2.24. The number of hydrogen-bond acceptors (Lipinski definition) is 5. The fourth-order valence-corrected chi connectivity index (χ4v) is 2.90. The zero-order valence-electron chi connectivity index (χ0n) is 15.5. The first kappa shape index (κ1) is 20.1. The summed E-state index contributed by atoms with van der Waals surface area (Å²) in [6.07, 6.45) is 0. The van der Waals surface area contributed by atoms with E-state index in [9.17, 15) is 24.5 Å². The minimum atomic E-state index is -1.48. The molecule has 9 heteroatoms. The van der Waals surface area contributed by atoms with E-state index in [0.717, 1.165) is 10.5 Å². The molecule has 1 N–H and O–H groups in total. The lowest BCUT2D eigenvalue weighted by molar-refractivity contribution is -0.385. The Labute approximate surface area is 156 Å². The van der Waals surface area contributed by atoms with E-state index in [1.54, 1.807) is 13.8 Å². The minimum Gasteiger partial charge on any atom is -0.337 e. The number of nitro benzene ring substituents is 1. The molecule has 9 nitrogen and oxygen atoms in total. The lowest BCUT2D eigenvalue weighted by Crippen LogP contribution is -2.44.